The minimum Gasteiger partial charge on any atom is -0.448 e. The highest BCUT2D eigenvalue weighted by molar-refractivity contribution is 5.64. The maximum absolute atomic E-state index is 12.6. The maximum Gasteiger partial charge on any atom is 0.404 e. The summed E-state index contributed by atoms with van der Waals surface area (Å²) in [5.74, 6) is -0.291. The van der Waals surface area contributed by atoms with Gasteiger partial charge in [0.2, 0.25) is 0 Å². The first-order valence-electron chi connectivity index (χ1n) is 4.50. The van der Waals surface area contributed by atoms with Crippen molar-refractivity contribution in [1.29, 1.82) is 0 Å². The molecular formula is C10H13FN2O2. The lowest BCUT2D eigenvalue weighted by Crippen LogP contribution is -2.31. The number of halogens is 1. The Morgan fingerprint density at radius 2 is 2.00 bits per heavy atom. The Bertz CT molecular complexity index is 327. The molecule has 4 N–H and O–H groups in total. The monoisotopic (exact) mass is 212 g/mol. The third-order valence-corrected chi connectivity index (χ3v) is 1.85. The molecule has 1 amide bonds. The van der Waals surface area contributed by atoms with Crippen molar-refractivity contribution in [1.82, 2.24) is 0 Å². The topological polar surface area (TPSA) is 78.3 Å². The molecule has 0 aliphatic carbocycles. The molecule has 82 valence electrons. The van der Waals surface area contributed by atoms with E-state index in [0.29, 0.717) is 6.42 Å². The van der Waals surface area contributed by atoms with Gasteiger partial charge in [-0.2, -0.15) is 0 Å². The highest BCUT2D eigenvalue weighted by Gasteiger charge is 2.06. The van der Waals surface area contributed by atoms with Gasteiger partial charge >= 0.3 is 6.09 Å². The second-order valence-corrected chi connectivity index (χ2v) is 3.22. The Morgan fingerprint density at radius 1 is 1.40 bits per heavy atom. The van der Waals surface area contributed by atoms with E-state index in [1.54, 1.807) is 12.1 Å². The normalized spacial score (nSPS) is 12.1. The first-order chi connectivity index (χ1) is 7.08. The van der Waals surface area contributed by atoms with Gasteiger partial charge in [-0.15, -0.1) is 0 Å². The molecule has 15 heavy (non-hydrogen) atoms. The van der Waals surface area contributed by atoms with Gasteiger partial charge in [0.25, 0.3) is 0 Å². The van der Waals surface area contributed by atoms with E-state index >= 15 is 0 Å². The Hall–Kier alpha value is -1.62. The van der Waals surface area contributed by atoms with Gasteiger partial charge < -0.3 is 16.2 Å². The molecule has 0 aliphatic heterocycles. The van der Waals surface area contributed by atoms with Gasteiger partial charge in [-0.05, 0) is 24.1 Å². The average molecular weight is 212 g/mol. The highest BCUT2D eigenvalue weighted by atomic mass is 19.1. The van der Waals surface area contributed by atoms with E-state index in [2.05, 4.69) is 4.74 Å². The van der Waals surface area contributed by atoms with Crippen molar-refractivity contribution >= 4 is 6.09 Å². The van der Waals surface area contributed by atoms with Crippen LogP contribution in [0.4, 0.5) is 9.18 Å². The minimum atomic E-state index is -0.843. The summed E-state index contributed by atoms with van der Waals surface area (Å²) >= 11 is 0. The number of nitrogens with two attached hydrogens (primary N) is 2. The maximum atomic E-state index is 12.6. The largest absolute Gasteiger partial charge is 0.448 e. The van der Waals surface area contributed by atoms with Crippen LogP contribution in [-0.2, 0) is 11.2 Å². The molecule has 0 radical (unpaired) electrons. The number of primary amides is 1. The van der Waals surface area contributed by atoms with Crippen LogP contribution < -0.4 is 11.5 Å². The molecule has 0 bridgehead atoms. The van der Waals surface area contributed by atoms with Crippen molar-refractivity contribution in [2.75, 3.05) is 6.61 Å². The summed E-state index contributed by atoms with van der Waals surface area (Å²) in [4.78, 5) is 10.3. The van der Waals surface area contributed by atoms with Gasteiger partial charge in [0, 0.05) is 6.04 Å². The van der Waals surface area contributed by atoms with Crippen molar-refractivity contribution in [3.63, 3.8) is 0 Å². The lowest BCUT2D eigenvalue weighted by molar-refractivity contribution is 0.149. The SMILES string of the molecule is NC(=O)OC[C@@H](N)Cc1ccc(F)cc1. The van der Waals surface area contributed by atoms with E-state index in [1.807, 2.05) is 0 Å². The standard InChI is InChI=1S/C10H13FN2O2/c11-8-3-1-7(2-4-8)5-9(12)6-15-10(13)14/h1-4,9H,5-6,12H2,(H2,13,14)/t9-/m0/s1. The van der Waals surface area contributed by atoms with Crippen LogP contribution in [0.15, 0.2) is 24.3 Å². The predicted octanol–water partition coefficient (Wildman–Crippen LogP) is 0.791. The van der Waals surface area contributed by atoms with Crippen molar-refractivity contribution < 1.29 is 13.9 Å². The van der Waals surface area contributed by atoms with Crippen molar-refractivity contribution in [3.8, 4) is 0 Å². The van der Waals surface area contributed by atoms with Crippen LogP contribution in [0.5, 0.6) is 0 Å². The molecule has 0 saturated heterocycles. The smallest absolute Gasteiger partial charge is 0.404 e. The van der Waals surface area contributed by atoms with Gasteiger partial charge in [-0.1, -0.05) is 12.1 Å². The molecular weight excluding hydrogens is 199 g/mol. The molecule has 0 unspecified atom stereocenters. The lowest BCUT2D eigenvalue weighted by Gasteiger charge is -2.10. The quantitative estimate of drug-likeness (QED) is 0.774. The molecule has 0 aliphatic rings. The molecule has 4 nitrogen and oxygen atoms in total. The summed E-state index contributed by atoms with van der Waals surface area (Å²) < 4.78 is 17.1. The number of carbonyl (C=O) groups is 1. The van der Waals surface area contributed by atoms with E-state index < -0.39 is 6.09 Å². The molecule has 0 saturated carbocycles. The van der Waals surface area contributed by atoms with Crippen molar-refractivity contribution in [2.24, 2.45) is 11.5 Å². The van der Waals surface area contributed by atoms with Crippen molar-refractivity contribution in [3.05, 3.63) is 35.6 Å². The zero-order valence-electron chi connectivity index (χ0n) is 8.15. The van der Waals surface area contributed by atoms with E-state index in [0.717, 1.165) is 5.56 Å². The first-order valence-corrected chi connectivity index (χ1v) is 4.50. The molecule has 1 aromatic carbocycles. The van der Waals surface area contributed by atoms with Crippen LogP contribution in [0.25, 0.3) is 0 Å². The highest BCUT2D eigenvalue weighted by Crippen LogP contribution is 2.05. The van der Waals surface area contributed by atoms with Gasteiger partial charge in [0.1, 0.15) is 12.4 Å². The molecule has 0 fully saturated rings. The van der Waals surface area contributed by atoms with Gasteiger partial charge in [-0.25, -0.2) is 9.18 Å². The van der Waals surface area contributed by atoms with E-state index in [4.69, 9.17) is 11.5 Å². The number of benzene rings is 1. The fraction of sp³-hybridized carbons (Fsp3) is 0.300. The number of hydrogen-bond donors (Lipinski definition) is 2. The molecule has 0 spiro atoms. The Balaban J connectivity index is 2.40. The van der Waals surface area contributed by atoms with Crippen LogP contribution >= 0.6 is 0 Å². The predicted molar refractivity (Wildman–Crippen MR) is 53.6 cm³/mol. The number of amides is 1. The van der Waals surface area contributed by atoms with Crippen LogP contribution in [0.2, 0.25) is 0 Å². The number of carbonyl (C=O) groups excluding carboxylic acids is 1. The first kappa shape index (κ1) is 11.5. The van der Waals surface area contributed by atoms with Crippen LogP contribution in [0.1, 0.15) is 5.56 Å². The minimum absolute atomic E-state index is 0.0622. The lowest BCUT2D eigenvalue weighted by atomic mass is 10.1. The van der Waals surface area contributed by atoms with E-state index in [9.17, 15) is 9.18 Å². The third kappa shape index (κ3) is 4.42. The summed E-state index contributed by atoms with van der Waals surface area (Å²) in [5, 5.41) is 0. The van der Waals surface area contributed by atoms with Gasteiger partial charge in [0.15, 0.2) is 0 Å². The molecule has 0 aromatic heterocycles. The molecule has 0 heterocycles. The number of hydrogen-bond acceptors (Lipinski definition) is 3. The third-order valence-electron chi connectivity index (χ3n) is 1.85. The van der Waals surface area contributed by atoms with Crippen LogP contribution in [0.3, 0.4) is 0 Å². The second-order valence-electron chi connectivity index (χ2n) is 3.22. The zero-order chi connectivity index (χ0) is 11.3. The second kappa shape index (κ2) is 5.31. The molecule has 1 atom stereocenters. The fourth-order valence-electron chi connectivity index (χ4n) is 1.17. The Kier molecular flexibility index (Phi) is 4.05. The molecule has 1 rings (SSSR count). The van der Waals surface area contributed by atoms with Crippen molar-refractivity contribution in [2.45, 2.75) is 12.5 Å². The summed E-state index contributed by atoms with van der Waals surface area (Å²) in [7, 11) is 0. The number of ether oxygens (including phenoxy) is 1. The number of rotatable bonds is 4. The Morgan fingerprint density at radius 3 is 2.53 bits per heavy atom. The molecule has 5 heteroatoms. The average Bonchev–Trinajstić information content (AvgIpc) is 2.19. The van der Waals surface area contributed by atoms with Gasteiger partial charge in [-0.3, -0.25) is 0 Å². The summed E-state index contributed by atoms with van der Waals surface area (Å²) in [5.41, 5.74) is 11.3. The fourth-order valence-corrected chi connectivity index (χ4v) is 1.17. The van der Waals surface area contributed by atoms with E-state index in [1.165, 1.54) is 12.1 Å². The Labute approximate surface area is 87.0 Å². The van der Waals surface area contributed by atoms with Crippen LogP contribution in [-0.4, -0.2) is 18.7 Å². The van der Waals surface area contributed by atoms with Crippen LogP contribution in [0, 0.1) is 5.82 Å². The summed E-state index contributed by atoms with van der Waals surface area (Å²) in [6, 6.07) is 5.66. The summed E-state index contributed by atoms with van der Waals surface area (Å²) in [6.07, 6.45) is -0.336. The van der Waals surface area contributed by atoms with E-state index in [-0.39, 0.29) is 18.5 Å². The summed E-state index contributed by atoms with van der Waals surface area (Å²) in [6.45, 7) is 0.0622. The van der Waals surface area contributed by atoms with Gasteiger partial charge in [0.05, 0.1) is 0 Å². The zero-order valence-corrected chi connectivity index (χ0v) is 8.15. The molecule has 1 aromatic rings.